The zero-order valence-electron chi connectivity index (χ0n) is 9.81. The topological polar surface area (TPSA) is 46.2 Å². The minimum Gasteiger partial charge on any atom is -0.309 e. The maximum Gasteiger partial charge on any atom is 0.151 e. The van der Waals surface area contributed by atoms with Crippen molar-refractivity contribution in [2.24, 2.45) is 0 Å². The van der Waals surface area contributed by atoms with Gasteiger partial charge in [0.2, 0.25) is 0 Å². The normalized spacial score (nSPS) is 36.4. The molecule has 0 aromatic rings. The van der Waals surface area contributed by atoms with Gasteiger partial charge >= 0.3 is 0 Å². The summed E-state index contributed by atoms with van der Waals surface area (Å²) in [5, 5.41) is 3.44. The van der Waals surface area contributed by atoms with Crippen molar-refractivity contribution in [2.75, 3.05) is 17.8 Å². The highest BCUT2D eigenvalue weighted by Gasteiger charge is 2.35. The lowest BCUT2D eigenvalue weighted by Crippen LogP contribution is -2.47. The van der Waals surface area contributed by atoms with Crippen LogP contribution in [-0.4, -0.2) is 43.5 Å². The number of sulfone groups is 1. The molecule has 1 saturated heterocycles. The maximum absolute atomic E-state index is 11.6. The van der Waals surface area contributed by atoms with Gasteiger partial charge in [-0.05, 0) is 31.4 Å². The highest BCUT2D eigenvalue weighted by Crippen LogP contribution is 2.27. The molecule has 0 aromatic carbocycles. The molecule has 0 radical (unpaired) electrons. The molecule has 5 heteroatoms. The van der Waals surface area contributed by atoms with Gasteiger partial charge in [-0.15, -0.1) is 0 Å². The number of thioether (sulfide) groups is 1. The van der Waals surface area contributed by atoms with Crippen molar-refractivity contribution in [3.63, 3.8) is 0 Å². The predicted molar refractivity (Wildman–Crippen MR) is 69.8 cm³/mol. The van der Waals surface area contributed by atoms with Gasteiger partial charge in [0.25, 0.3) is 0 Å². The molecule has 0 bridgehead atoms. The van der Waals surface area contributed by atoms with E-state index < -0.39 is 9.84 Å². The summed E-state index contributed by atoms with van der Waals surface area (Å²) < 4.78 is 23.3. The van der Waals surface area contributed by atoms with Crippen LogP contribution in [-0.2, 0) is 9.84 Å². The van der Waals surface area contributed by atoms with Crippen LogP contribution < -0.4 is 5.32 Å². The third-order valence-corrected chi connectivity index (χ3v) is 6.49. The van der Waals surface area contributed by atoms with Crippen molar-refractivity contribution >= 4 is 21.6 Å². The van der Waals surface area contributed by atoms with Crippen LogP contribution in [0.1, 0.15) is 32.1 Å². The minimum absolute atomic E-state index is 0.139. The standard InChI is InChI=1S/C11H21NO2S2/c1-16(13,14)11-6-2-5-10(11)12-9-4-3-7-15-8-9/h9-12H,2-8H2,1H3. The summed E-state index contributed by atoms with van der Waals surface area (Å²) in [6.07, 6.45) is 6.77. The Bertz CT molecular complexity index is 323. The Balaban J connectivity index is 1.93. The SMILES string of the molecule is CS(=O)(=O)C1CCCC1NC1CCCSC1. The summed E-state index contributed by atoms with van der Waals surface area (Å²) in [5.41, 5.74) is 0. The highest BCUT2D eigenvalue weighted by molar-refractivity contribution is 7.99. The summed E-state index contributed by atoms with van der Waals surface area (Å²) in [6.45, 7) is 0. The van der Waals surface area contributed by atoms with Crippen molar-refractivity contribution in [3.05, 3.63) is 0 Å². The molecule has 2 fully saturated rings. The first-order valence-corrected chi connectivity index (χ1v) is 9.21. The maximum atomic E-state index is 11.6. The first kappa shape index (κ1) is 12.7. The van der Waals surface area contributed by atoms with Gasteiger partial charge in [-0.1, -0.05) is 6.42 Å². The molecule has 3 unspecified atom stereocenters. The smallest absolute Gasteiger partial charge is 0.151 e. The molecule has 3 atom stereocenters. The Hall–Kier alpha value is 0.260. The van der Waals surface area contributed by atoms with E-state index in [9.17, 15) is 8.42 Å². The molecule has 1 aliphatic carbocycles. The Kier molecular flexibility index (Phi) is 4.19. The minimum atomic E-state index is -2.87. The fourth-order valence-corrected chi connectivity index (χ4v) is 5.30. The van der Waals surface area contributed by atoms with Gasteiger partial charge in [-0.3, -0.25) is 0 Å². The van der Waals surface area contributed by atoms with Crippen molar-refractivity contribution < 1.29 is 8.42 Å². The van der Waals surface area contributed by atoms with Crippen molar-refractivity contribution in [2.45, 2.75) is 49.4 Å². The monoisotopic (exact) mass is 263 g/mol. The summed E-state index contributed by atoms with van der Waals surface area (Å²) in [6, 6.07) is 0.741. The number of rotatable bonds is 3. The molecule has 2 rings (SSSR count). The molecule has 94 valence electrons. The van der Waals surface area contributed by atoms with Crippen molar-refractivity contribution in [1.82, 2.24) is 5.32 Å². The molecular formula is C11H21NO2S2. The summed E-state index contributed by atoms with van der Waals surface area (Å²) >= 11 is 1.98. The molecule has 3 nitrogen and oxygen atoms in total. The van der Waals surface area contributed by atoms with Crippen LogP contribution in [0.5, 0.6) is 0 Å². The van der Waals surface area contributed by atoms with Crippen LogP contribution >= 0.6 is 11.8 Å². The van der Waals surface area contributed by atoms with E-state index >= 15 is 0 Å². The molecule has 0 amide bonds. The fraction of sp³-hybridized carbons (Fsp3) is 1.00. The zero-order valence-corrected chi connectivity index (χ0v) is 11.4. The van der Waals surface area contributed by atoms with E-state index in [1.165, 1.54) is 24.9 Å². The summed E-state index contributed by atoms with van der Waals surface area (Å²) in [7, 11) is -2.87. The lowest BCUT2D eigenvalue weighted by Gasteiger charge is -2.28. The fourth-order valence-electron chi connectivity index (χ4n) is 2.80. The van der Waals surface area contributed by atoms with E-state index in [0.717, 1.165) is 25.0 Å². The van der Waals surface area contributed by atoms with E-state index in [2.05, 4.69) is 5.32 Å². The molecule has 0 spiro atoms. The van der Waals surface area contributed by atoms with E-state index in [1.54, 1.807) is 0 Å². The Labute approximate surface area is 103 Å². The van der Waals surface area contributed by atoms with E-state index in [-0.39, 0.29) is 11.3 Å². The number of nitrogens with one attached hydrogen (secondary N) is 1. The third kappa shape index (κ3) is 3.14. The first-order valence-electron chi connectivity index (χ1n) is 6.10. The van der Waals surface area contributed by atoms with Gasteiger partial charge < -0.3 is 5.32 Å². The Morgan fingerprint density at radius 3 is 2.62 bits per heavy atom. The van der Waals surface area contributed by atoms with Gasteiger partial charge in [-0.2, -0.15) is 11.8 Å². The average molecular weight is 263 g/mol. The average Bonchev–Trinajstić information content (AvgIpc) is 2.67. The summed E-state index contributed by atoms with van der Waals surface area (Å²) in [4.78, 5) is 0. The number of hydrogen-bond donors (Lipinski definition) is 1. The molecular weight excluding hydrogens is 242 g/mol. The van der Waals surface area contributed by atoms with Crippen LogP contribution in [0.2, 0.25) is 0 Å². The molecule has 1 saturated carbocycles. The van der Waals surface area contributed by atoms with Crippen LogP contribution in [0.25, 0.3) is 0 Å². The Morgan fingerprint density at radius 2 is 2.00 bits per heavy atom. The molecule has 2 aliphatic rings. The van der Waals surface area contributed by atoms with Gasteiger partial charge in [0.1, 0.15) is 0 Å². The summed E-state index contributed by atoms with van der Waals surface area (Å²) in [5.74, 6) is 2.41. The predicted octanol–water partition coefficient (Wildman–Crippen LogP) is 1.44. The van der Waals surface area contributed by atoms with Gasteiger partial charge in [0.15, 0.2) is 9.84 Å². The van der Waals surface area contributed by atoms with Crippen LogP contribution in [0.3, 0.4) is 0 Å². The molecule has 1 aliphatic heterocycles. The van der Waals surface area contributed by atoms with Crippen molar-refractivity contribution in [1.29, 1.82) is 0 Å². The lowest BCUT2D eigenvalue weighted by molar-refractivity contribution is 0.426. The van der Waals surface area contributed by atoms with E-state index in [1.807, 2.05) is 11.8 Å². The van der Waals surface area contributed by atoms with Gasteiger partial charge in [0.05, 0.1) is 5.25 Å². The van der Waals surface area contributed by atoms with E-state index in [4.69, 9.17) is 0 Å². The molecule has 1 heterocycles. The third-order valence-electron chi connectivity index (χ3n) is 3.61. The van der Waals surface area contributed by atoms with E-state index in [0.29, 0.717) is 6.04 Å². The second-order valence-electron chi connectivity index (χ2n) is 4.99. The lowest BCUT2D eigenvalue weighted by atomic mass is 10.1. The largest absolute Gasteiger partial charge is 0.309 e. The second kappa shape index (κ2) is 5.27. The molecule has 0 aromatic heterocycles. The number of hydrogen-bond acceptors (Lipinski definition) is 4. The second-order valence-corrected chi connectivity index (χ2v) is 8.40. The van der Waals surface area contributed by atoms with Crippen LogP contribution in [0, 0.1) is 0 Å². The quantitative estimate of drug-likeness (QED) is 0.837. The van der Waals surface area contributed by atoms with Crippen LogP contribution in [0.15, 0.2) is 0 Å². The zero-order chi connectivity index (χ0) is 11.6. The molecule has 16 heavy (non-hydrogen) atoms. The van der Waals surface area contributed by atoms with Crippen molar-refractivity contribution in [3.8, 4) is 0 Å². The highest BCUT2D eigenvalue weighted by atomic mass is 32.2. The molecule has 1 N–H and O–H groups in total. The Morgan fingerprint density at radius 1 is 1.19 bits per heavy atom. The van der Waals surface area contributed by atoms with Gasteiger partial charge in [-0.25, -0.2) is 8.42 Å². The first-order chi connectivity index (χ1) is 7.57. The van der Waals surface area contributed by atoms with Crippen LogP contribution in [0.4, 0.5) is 0 Å². The van der Waals surface area contributed by atoms with Gasteiger partial charge in [0, 0.05) is 24.1 Å².